The molecule has 0 spiro atoms. The second-order valence-electron chi connectivity index (χ2n) is 19.9. The van der Waals surface area contributed by atoms with E-state index < -0.39 is 6.10 Å². The van der Waals surface area contributed by atoms with Gasteiger partial charge >= 0.3 is 17.9 Å². The first kappa shape index (κ1) is 64.6. The summed E-state index contributed by atoms with van der Waals surface area (Å²) in [6.07, 6.45) is 67.0. The van der Waals surface area contributed by atoms with Crippen LogP contribution >= 0.6 is 0 Å². The van der Waals surface area contributed by atoms with Crippen LogP contribution in [0.25, 0.3) is 0 Å². The second-order valence-corrected chi connectivity index (χ2v) is 19.9. The van der Waals surface area contributed by atoms with Crippen molar-refractivity contribution in [2.75, 3.05) is 13.2 Å². The summed E-state index contributed by atoms with van der Waals surface area (Å²) in [5.74, 6) is -0.877. The topological polar surface area (TPSA) is 78.9 Å². The lowest BCUT2D eigenvalue weighted by Crippen LogP contribution is -2.30. The zero-order chi connectivity index (χ0) is 48.6. The molecule has 0 amide bonds. The molecule has 67 heavy (non-hydrogen) atoms. The lowest BCUT2D eigenvalue weighted by atomic mass is 10.1. The Labute approximate surface area is 416 Å². The molecule has 0 fully saturated rings. The molecule has 0 saturated carbocycles. The Morgan fingerprint density at radius 2 is 0.493 bits per heavy atom. The summed E-state index contributed by atoms with van der Waals surface area (Å²) in [7, 11) is 0. The molecule has 0 heterocycles. The van der Waals surface area contributed by atoms with E-state index in [1.165, 1.54) is 212 Å². The average molecular weight is 942 g/mol. The predicted octanol–water partition coefficient (Wildman–Crippen LogP) is 19.7. The van der Waals surface area contributed by atoms with Crippen molar-refractivity contribution >= 4 is 17.9 Å². The maximum atomic E-state index is 12.9. The molecule has 0 rings (SSSR count). The Morgan fingerprint density at radius 3 is 0.746 bits per heavy atom. The second kappa shape index (κ2) is 56.2. The van der Waals surface area contributed by atoms with Crippen LogP contribution in [0.4, 0.5) is 0 Å². The summed E-state index contributed by atoms with van der Waals surface area (Å²) in [5.41, 5.74) is 0. The van der Waals surface area contributed by atoms with Crippen molar-refractivity contribution in [1.29, 1.82) is 0 Å². The van der Waals surface area contributed by atoms with Gasteiger partial charge < -0.3 is 14.2 Å². The van der Waals surface area contributed by atoms with E-state index in [0.29, 0.717) is 19.3 Å². The molecule has 0 aliphatic carbocycles. The Bertz CT molecular complexity index is 1130. The monoisotopic (exact) mass is 941 g/mol. The molecule has 1 atom stereocenters. The van der Waals surface area contributed by atoms with Crippen LogP contribution in [0.5, 0.6) is 0 Å². The number of hydrogen-bond donors (Lipinski definition) is 0. The highest BCUT2D eigenvalue weighted by molar-refractivity contribution is 5.71. The SMILES string of the molecule is CCCCCCCC/C=C\CCCCCCCCCC(=O)OC[C@H](COC(=O)CCCCCCC/C=C\CCCCCCCC)OC(=O)CCCCCCCCC/C=C\CCCCCCCC. The maximum absolute atomic E-state index is 12.9. The summed E-state index contributed by atoms with van der Waals surface area (Å²) in [6, 6.07) is 0. The minimum Gasteiger partial charge on any atom is -0.462 e. The van der Waals surface area contributed by atoms with Crippen molar-refractivity contribution in [3.05, 3.63) is 36.5 Å². The van der Waals surface area contributed by atoms with Crippen LogP contribution in [-0.2, 0) is 28.6 Å². The third-order valence-corrected chi connectivity index (χ3v) is 13.1. The van der Waals surface area contributed by atoms with Gasteiger partial charge in [-0.3, -0.25) is 14.4 Å². The molecule has 0 radical (unpaired) electrons. The number of esters is 3. The minimum atomic E-state index is -0.778. The maximum Gasteiger partial charge on any atom is 0.306 e. The molecule has 0 bridgehead atoms. The number of rotatable bonds is 54. The van der Waals surface area contributed by atoms with Gasteiger partial charge in [-0.1, -0.05) is 237 Å². The molecule has 0 aliphatic rings. The van der Waals surface area contributed by atoms with Crippen molar-refractivity contribution < 1.29 is 28.6 Å². The van der Waals surface area contributed by atoms with Gasteiger partial charge in [0, 0.05) is 19.3 Å². The first-order chi connectivity index (χ1) is 33.0. The highest BCUT2D eigenvalue weighted by Gasteiger charge is 2.19. The van der Waals surface area contributed by atoms with Crippen LogP contribution in [0.1, 0.15) is 316 Å². The molecule has 0 aliphatic heterocycles. The molecule has 6 heteroatoms. The minimum absolute atomic E-state index is 0.0765. The van der Waals surface area contributed by atoms with E-state index in [4.69, 9.17) is 14.2 Å². The van der Waals surface area contributed by atoms with E-state index in [9.17, 15) is 14.4 Å². The lowest BCUT2D eigenvalue weighted by molar-refractivity contribution is -0.167. The van der Waals surface area contributed by atoms with Crippen molar-refractivity contribution in [1.82, 2.24) is 0 Å². The summed E-state index contributed by atoms with van der Waals surface area (Å²) >= 11 is 0. The highest BCUT2D eigenvalue weighted by atomic mass is 16.6. The predicted molar refractivity (Wildman–Crippen MR) is 289 cm³/mol. The van der Waals surface area contributed by atoms with Crippen LogP contribution in [0.3, 0.4) is 0 Å². The zero-order valence-corrected chi connectivity index (χ0v) is 44.9. The number of carbonyl (C=O) groups excluding carboxylic acids is 3. The Morgan fingerprint density at radius 1 is 0.284 bits per heavy atom. The largest absolute Gasteiger partial charge is 0.462 e. The van der Waals surface area contributed by atoms with E-state index >= 15 is 0 Å². The fraction of sp³-hybridized carbons (Fsp3) is 0.852. The molecule has 0 unspecified atom stereocenters. The van der Waals surface area contributed by atoms with Crippen molar-refractivity contribution in [3.63, 3.8) is 0 Å². The van der Waals surface area contributed by atoms with Crippen molar-refractivity contribution in [2.45, 2.75) is 322 Å². The summed E-state index contributed by atoms with van der Waals surface area (Å²) in [5, 5.41) is 0. The van der Waals surface area contributed by atoms with E-state index in [0.717, 1.165) is 64.2 Å². The summed E-state index contributed by atoms with van der Waals surface area (Å²) in [6.45, 7) is 6.65. The molecule has 0 saturated heterocycles. The zero-order valence-electron chi connectivity index (χ0n) is 44.9. The van der Waals surface area contributed by atoms with Gasteiger partial charge in [0.1, 0.15) is 13.2 Å². The van der Waals surface area contributed by atoms with Crippen LogP contribution in [0, 0.1) is 0 Å². The third-order valence-electron chi connectivity index (χ3n) is 13.1. The summed E-state index contributed by atoms with van der Waals surface area (Å²) < 4.78 is 16.9. The van der Waals surface area contributed by atoms with Crippen LogP contribution in [0.15, 0.2) is 36.5 Å². The fourth-order valence-electron chi connectivity index (χ4n) is 8.60. The van der Waals surface area contributed by atoms with Gasteiger partial charge in [-0.25, -0.2) is 0 Å². The van der Waals surface area contributed by atoms with Crippen LogP contribution < -0.4 is 0 Å². The molecule has 6 nitrogen and oxygen atoms in total. The van der Waals surface area contributed by atoms with Crippen LogP contribution in [0.2, 0.25) is 0 Å². The quantitative estimate of drug-likeness (QED) is 0.0262. The molecule has 0 aromatic carbocycles. The van der Waals surface area contributed by atoms with Gasteiger partial charge in [0.25, 0.3) is 0 Å². The van der Waals surface area contributed by atoms with Gasteiger partial charge in [0.15, 0.2) is 6.10 Å². The van der Waals surface area contributed by atoms with Crippen molar-refractivity contribution in [3.8, 4) is 0 Å². The first-order valence-corrected chi connectivity index (χ1v) is 29.5. The number of unbranched alkanes of at least 4 members (excludes halogenated alkanes) is 37. The molecule has 0 aromatic rings. The Kier molecular flexibility index (Phi) is 54.2. The van der Waals surface area contributed by atoms with Crippen LogP contribution in [-0.4, -0.2) is 37.2 Å². The lowest BCUT2D eigenvalue weighted by Gasteiger charge is -2.18. The van der Waals surface area contributed by atoms with Gasteiger partial charge in [0.2, 0.25) is 0 Å². The van der Waals surface area contributed by atoms with E-state index in [-0.39, 0.29) is 31.1 Å². The number of hydrogen-bond acceptors (Lipinski definition) is 6. The first-order valence-electron chi connectivity index (χ1n) is 29.5. The molecule has 0 N–H and O–H groups in total. The fourth-order valence-corrected chi connectivity index (χ4v) is 8.60. The van der Waals surface area contributed by atoms with Gasteiger partial charge in [-0.05, 0) is 96.3 Å². The molecule has 392 valence electrons. The van der Waals surface area contributed by atoms with E-state index in [2.05, 4.69) is 57.2 Å². The number of allylic oxidation sites excluding steroid dienone is 6. The molecular formula is C61H112O6. The van der Waals surface area contributed by atoms with Crippen molar-refractivity contribution in [2.24, 2.45) is 0 Å². The third kappa shape index (κ3) is 54.4. The van der Waals surface area contributed by atoms with Gasteiger partial charge in [0.05, 0.1) is 0 Å². The highest BCUT2D eigenvalue weighted by Crippen LogP contribution is 2.16. The smallest absolute Gasteiger partial charge is 0.306 e. The normalized spacial score (nSPS) is 12.2. The standard InChI is InChI=1S/C61H112O6/c1-4-7-10-13-16-19-22-25-28-30-33-36-39-42-45-48-51-54-60(63)66-57-58(56-65-59(62)53-50-47-44-41-38-35-32-27-24-21-18-15-12-9-6-3)67-61(64)55-52-49-46-43-40-37-34-31-29-26-23-20-17-14-11-8-5-2/h25-29,32,58H,4-24,30-31,33-57H2,1-3H3/b28-25-,29-26-,32-27-/t58-/m0/s1. The average Bonchev–Trinajstić information content (AvgIpc) is 3.33. The summed E-state index contributed by atoms with van der Waals surface area (Å²) in [4.78, 5) is 38.2. The van der Waals surface area contributed by atoms with Gasteiger partial charge in [-0.15, -0.1) is 0 Å². The Hall–Kier alpha value is -2.37. The van der Waals surface area contributed by atoms with E-state index in [1.807, 2.05) is 0 Å². The molecule has 0 aromatic heterocycles. The number of carbonyl (C=O) groups is 3. The molecular weight excluding hydrogens is 829 g/mol. The van der Waals surface area contributed by atoms with E-state index in [1.54, 1.807) is 0 Å². The van der Waals surface area contributed by atoms with Gasteiger partial charge in [-0.2, -0.15) is 0 Å². The Balaban J connectivity index is 4.37. The number of ether oxygens (including phenoxy) is 3.